The topological polar surface area (TPSA) is 58.6 Å². The lowest BCUT2D eigenvalue weighted by molar-refractivity contribution is -0.129. The van der Waals surface area contributed by atoms with Crippen LogP contribution in [0.4, 0.5) is 4.79 Å². The summed E-state index contributed by atoms with van der Waals surface area (Å²) in [5.41, 5.74) is 0. The molecule has 0 atom stereocenters. The van der Waals surface area contributed by atoms with Crippen molar-refractivity contribution >= 4 is 12.0 Å². The molecule has 2 rings (SSSR count). The highest BCUT2D eigenvalue weighted by Crippen LogP contribution is 2.20. The molecule has 0 unspecified atom stereocenters. The van der Waals surface area contributed by atoms with Gasteiger partial charge in [0.25, 0.3) is 0 Å². The van der Waals surface area contributed by atoms with Gasteiger partial charge in [-0.15, -0.1) is 12.8 Å². The molecule has 0 radical (unpaired) electrons. The lowest BCUT2D eigenvalue weighted by Crippen LogP contribution is -2.40. The molecule has 1 aliphatic heterocycles. The molecule has 0 aromatic heterocycles. The molecule has 1 saturated carbocycles. The standard InChI is InChI=1S/C13H22N2O3.C4H10.C2H2.H2/c16-12(15-8-4-5-9-15)10-14-13(17)18-11-6-2-1-3-7-11;1-4(2)3;1-2;/h11H,1-10H2,(H,14,17);4H,1-3H3;1-2H;1H. The molecule has 2 aliphatic rings. The number of nitrogens with one attached hydrogen (secondary N) is 1. The van der Waals surface area contributed by atoms with E-state index in [-0.39, 0.29) is 20.0 Å². The molecule has 0 bridgehead atoms. The van der Waals surface area contributed by atoms with Gasteiger partial charge in [-0.1, -0.05) is 27.2 Å². The van der Waals surface area contributed by atoms with Crippen molar-refractivity contribution in [3.8, 4) is 12.8 Å². The molecule has 1 heterocycles. The Hall–Kier alpha value is -1.70. The zero-order chi connectivity index (χ0) is 18.4. The maximum absolute atomic E-state index is 11.7. The summed E-state index contributed by atoms with van der Waals surface area (Å²) in [4.78, 5) is 25.0. The van der Waals surface area contributed by atoms with Crippen molar-refractivity contribution in [1.82, 2.24) is 10.2 Å². The van der Waals surface area contributed by atoms with Gasteiger partial charge in [0.1, 0.15) is 12.6 Å². The number of carbonyl (C=O) groups is 2. The van der Waals surface area contributed by atoms with Crippen LogP contribution in [0, 0.1) is 18.8 Å². The van der Waals surface area contributed by atoms with Crippen molar-refractivity contribution in [1.29, 1.82) is 0 Å². The molecular formula is C19H36N2O3. The van der Waals surface area contributed by atoms with E-state index in [1.165, 1.54) is 6.42 Å². The summed E-state index contributed by atoms with van der Waals surface area (Å²) < 4.78 is 5.28. The van der Waals surface area contributed by atoms with Gasteiger partial charge in [-0.05, 0) is 44.4 Å². The van der Waals surface area contributed by atoms with E-state index in [9.17, 15) is 9.59 Å². The molecular weight excluding hydrogens is 304 g/mol. The molecule has 1 N–H and O–H groups in total. The third-order valence-corrected chi connectivity index (χ3v) is 3.67. The third kappa shape index (κ3) is 10.9. The van der Waals surface area contributed by atoms with Gasteiger partial charge in [-0.3, -0.25) is 4.79 Å². The monoisotopic (exact) mass is 340 g/mol. The van der Waals surface area contributed by atoms with Crippen LogP contribution in [0.3, 0.4) is 0 Å². The number of terminal acetylenes is 1. The number of nitrogens with zero attached hydrogens (tertiary/aromatic N) is 1. The van der Waals surface area contributed by atoms with E-state index in [0.29, 0.717) is 0 Å². The van der Waals surface area contributed by atoms with E-state index in [1.807, 2.05) is 0 Å². The van der Waals surface area contributed by atoms with Gasteiger partial charge in [0, 0.05) is 14.5 Å². The molecule has 1 aliphatic carbocycles. The highest BCUT2D eigenvalue weighted by molar-refractivity contribution is 5.82. The molecule has 5 nitrogen and oxygen atoms in total. The van der Waals surface area contributed by atoms with Crippen LogP contribution in [0.1, 0.15) is 67.1 Å². The van der Waals surface area contributed by atoms with E-state index < -0.39 is 6.09 Å². The molecule has 24 heavy (non-hydrogen) atoms. The fourth-order valence-electron chi connectivity index (χ4n) is 2.60. The summed E-state index contributed by atoms with van der Waals surface area (Å²) in [7, 11) is 0. The number of likely N-dealkylation sites (tertiary alicyclic amines) is 1. The van der Waals surface area contributed by atoms with Gasteiger partial charge in [0.2, 0.25) is 5.91 Å². The highest BCUT2D eigenvalue weighted by atomic mass is 16.6. The number of alkyl carbamates (subject to hydrolysis) is 1. The first-order valence-corrected chi connectivity index (χ1v) is 9.04. The quantitative estimate of drug-likeness (QED) is 0.795. The summed E-state index contributed by atoms with van der Waals surface area (Å²) in [6, 6.07) is 0. The number of amides is 2. The fourth-order valence-corrected chi connectivity index (χ4v) is 2.60. The maximum Gasteiger partial charge on any atom is 0.407 e. The summed E-state index contributed by atoms with van der Waals surface area (Å²) in [6.07, 6.45) is 15.1. The SMILES string of the molecule is C#C.CC(C)C.O=C(NCC(=O)N1CCCC1)OC1CCCCC1.[HH]. The highest BCUT2D eigenvalue weighted by Gasteiger charge is 2.20. The van der Waals surface area contributed by atoms with Crippen LogP contribution in [0.15, 0.2) is 0 Å². The molecule has 1 saturated heterocycles. The van der Waals surface area contributed by atoms with Gasteiger partial charge in [0.15, 0.2) is 0 Å². The minimum atomic E-state index is -0.450. The second kappa shape index (κ2) is 13.7. The number of hydrogen-bond acceptors (Lipinski definition) is 3. The van der Waals surface area contributed by atoms with Crippen molar-refractivity contribution in [2.45, 2.75) is 71.8 Å². The van der Waals surface area contributed by atoms with Crippen LogP contribution in [-0.4, -0.2) is 42.6 Å². The van der Waals surface area contributed by atoms with Crippen LogP contribution in [0.2, 0.25) is 0 Å². The van der Waals surface area contributed by atoms with E-state index in [4.69, 9.17) is 4.74 Å². The average molecular weight is 341 g/mol. The van der Waals surface area contributed by atoms with Crippen molar-refractivity contribution in [2.24, 2.45) is 5.92 Å². The molecule has 2 fully saturated rings. The zero-order valence-electron chi connectivity index (χ0n) is 15.6. The van der Waals surface area contributed by atoms with Crippen LogP contribution in [-0.2, 0) is 9.53 Å². The van der Waals surface area contributed by atoms with Gasteiger partial charge < -0.3 is 15.0 Å². The Morgan fingerprint density at radius 2 is 1.58 bits per heavy atom. The number of rotatable bonds is 3. The Kier molecular flexibility index (Phi) is 12.7. The second-order valence-corrected chi connectivity index (χ2v) is 6.84. The second-order valence-electron chi connectivity index (χ2n) is 6.84. The van der Waals surface area contributed by atoms with Crippen molar-refractivity contribution in [3.63, 3.8) is 0 Å². The maximum atomic E-state index is 11.7. The van der Waals surface area contributed by atoms with Gasteiger partial charge in [0.05, 0.1) is 0 Å². The predicted molar refractivity (Wildman–Crippen MR) is 99.7 cm³/mol. The molecule has 140 valence electrons. The van der Waals surface area contributed by atoms with E-state index in [2.05, 4.69) is 38.9 Å². The summed E-state index contributed by atoms with van der Waals surface area (Å²) >= 11 is 0. The molecule has 0 aromatic carbocycles. The predicted octanol–water partition coefficient (Wildman–Crippen LogP) is 3.83. The van der Waals surface area contributed by atoms with Crippen LogP contribution in [0.5, 0.6) is 0 Å². The normalized spacial score (nSPS) is 17.2. The van der Waals surface area contributed by atoms with Crippen LogP contribution < -0.4 is 5.32 Å². The van der Waals surface area contributed by atoms with Gasteiger partial charge in [-0.25, -0.2) is 4.79 Å². The number of carbonyl (C=O) groups excluding carboxylic acids is 2. The Morgan fingerprint density at radius 3 is 2.08 bits per heavy atom. The van der Waals surface area contributed by atoms with E-state index >= 15 is 0 Å². The molecule has 5 heteroatoms. The summed E-state index contributed by atoms with van der Waals surface area (Å²) in [6.45, 7) is 8.20. The van der Waals surface area contributed by atoms with Crippen molar-refractivity contribution < 1.29 is 15.8 Å². The summed E-state index contributed by atoms with van der Waals surface area (Å²) in [5, 5.41) is 2.55. The first-order chi connectivity index (χ1) is 11.5. The van der Waals surface area contributed by atoms with Crippen molar-refractivity contribution in [2.75, 3.05) is 19.6 Å². The van der Waals surface area contributed by atoms with E-state index in [0.717, 1.165) is 57.5 Å². The largest absolute Gasteiger partial charge is 0.446 e. The lowest BCUT2D eigenvalue weighted by atomic mass is 9.98. The Balaban J connectivity index is 0. The summed E-state index contributed by atoms with van der Waals surface area (Å²) in [5.74, 6) is 0.827. The first-order valence-electron chi connectivity index (χ1n) is 9.04. The first kappa shape index (κ1) is 22.3. The Labute approximate surface area is 149 Å². The van der Waals surface area contributed by atoms with Gasteiger partial charge >= 0.3 is 6.09 Å². The van der Waals surface area contributed by atoms with Crippen LogP contribution in [0.25, 0.3) is 0 Å². The minimum Gasteiger partial charge on any atom is -0.446 e. The number of ether oxygens (including phenoxy) is 1. The molecule has 0 aromatic rings. The average Bonchev–Trinajstić information content (AvgIpc) is 3.09. The third-order valence-electron chi connectivity index (χ3n) is 3.67. The smallest absolute Gasteiger partial charge is 0.407 e. The fraction of sp³-hybridized carbons (Fsp3) is 0.789. The van der Waals surface area contributed by atoms with Crippen molar-refractivity contribution in [3.05, 3.63) is 0 Å². The minimum absolute atomic E-state index is 0. The van der Waals surface area contributed by atoms with Gasteiger partial charge in [-0.2, -0.15) is 0 Å². The van der Waals surface area contributed by atoms with E-state index in [1.54, 1.807) is 4.90 Å². The number of hydrogen-bond donors (Lipinski definition) is 1. The molecule has 0 spiro atoms. The van der Waals surface area contributed by atoms with Crippen LogP contribution >= 0.6 is 0 Å². The molecule has 2 amide bonds. The lowest BCUT2D eigenvalue weighted by Gasteiger charge is -2.22. The Bertz CT molecular complexity index is 371. The zero-order valence-corrected chi connectivity index (χ0v) is 15.6. The Morgan fingerprint density at radius 1 is 1.08 bits per heavy atom.